The van der Waals surface area contributed by atoms with E-state index in [9.17, 15) is 4.39 Å². The molecule has 2 unspecified atom stereocenters. The molecule has 2 nitrogen and oxygen atoms in total. The fourth-order valence-electron chi connectivity index (χ4n) is 3.48. The van der Waals surface area contributed by atoms with Gasteiger partial charge >= 0.3 is 0 Å². The second-order valence-electron chi connectivity index (χ2n) is 5.89. The molecule has 0 aliphatic heterocycles. The van der Waals surface area contributed by atoms with Crippen molar-refractivity contribution in [2.24, 2.45) is 5.92 Å². The molecule has 1 aliphatic carbocycles. The summed E-state index contributed by atoms with van der Waals surface area (Å²) < 4.78 is 19.3. The maximum absolute atomic E-state index is 13.3. The van der Waals surface area contributed by atoms with Crippen LogP contribution in [-0.4, -0.2) is 13.6 Å². The van der Waals surface area contributed by atoms with Crippen molar-refractivity contribution in [2.75, 3.05) is 13.6 Å². The molecule has 0 radical (unpaired) electrons. The van der Waals surface area contributed by atoms with E-state index in [4.69, 9.17) is 4.42 Å². The lowest BCUT2D eigenvalue weighted by Gasteiger charge is -2.23. The maximum Gasteiger partial charge on any atom is 0.134 e. The number of benzene rings is 1. The van der Waals surface area contributed by atoms with Crippen molar-refractivity contribution in [3.05, 3.63) is 35.8 Å². The molecule has 2 atom stereocenters. The highest BCUT2D eigenvalue weighted by Gasteiger charge is 2.27. The Morgan fingerprint density at radius 2 is 2.05 bits per heavy atom. The molecule has 0 bridgehead atoms. The summed E-state index contributed by atoms with van der Waals surface area (Å²) in [5.74, 6) is 1.92. The zero-order valence-electron chi connectivity index (χ0n) is 12.0. The van der Waals surface area contributed by atoms with Crippen LogP contribution in [0.5, 0.6) is 0 Å². The summed E-state index contributed by atoms with van der Waals surface area (Å²) in [6.45, 7) is 1.02. The van der Waals surface area contributed by atoms with Crippen LogP contribution in [0.3, 0.4) is 0 Å². The van der Waals surface area contributed by atoms with Crippen molar-refractivity contribution in [1.29, 1.82) is 0 Å². The number of halogens is 1. The van der Waals surface area contributed by atoms with Crippen LogP contribution in [0.2, 0.25) is 0 Å². The molecule has 1 fully saturated rings. The summed E-state index contributed by atoms with van der Waals surface area (Å²) in [7, 11) is 2.01. The Morgan fingerprint density at radius 3 is 2.90 bits per heavy atom. The highest BCUT2D eigenvalue weighted by molar-refractivity contribution is 5.78. The van der Waals surface area contributed by atoms with Crippen LogP contribution in [-0.2, 0) is 0 Å². The molecule has 0 amide bonds. The number of fused-ring (bicyclic) bond motifs is 1. The fourth-order valence-corrected chi connectivity index (χ4v) is 3.48. The molecule has 2 aromatic rings. The lowest BCUT2D eigenvalue weighted by atomic mass is 9.86. The Hall–Kier alpha value is -1.35. The number of rotatable bonds is 3. The third-order valence-electron chi connectivity index (χ3n) is 4.49. The molecule has 3 heteroatoms. The zero-order chi connectivity index (χ0) is 13.9. The standard InChI is InChI=1S/C17H22FNO/c1-19-11-12-5-3-2-4-6-15(12)17-10-13-9-14(18)7-8-16(13)20-17/h7-10,12,15,19H,2-6,11H2,1H3. The van der Waals surface area contributed by atoms with Gasteiger partial charge in [0.25, 0.3) is 0 Å². The molecule has 1 aromatic heterocycles. The van der Waals surface area contributed by atoms with Crippen molar-refractivity contribution in [3.63, 3.8) is 0 Å². The van der Waals surface area contributed by atoms with Gasteiger partial charge in [-0.1, -0.05) is 19.3 Å². The van der Waals surface area contributed by atoms with E-state index >= 15 is 0 Å². The monoisotopic (exact) mass is 275 g/mol. The molecule has 1 saturated carbocycles. The van der Waals surface area contributed by atoms with Gasteiger partial charge in [-0.25, -0.2) is 4.39 Å². The Morgan fingerprint density at radius 1 is 1.20 bits per heavy atom. The normalized spacial score (nSPS) is 23.9. The second kappa shape index (κ2) is 5.96. The summed E-state index contributed by atoms with van der Waals surface area (Å²) in [5.41, 5.74) is 0.800. The van der Waals surface area contributed by atoms with Gasteiger partial charge in [-0.3, -0.25) is 0 Å². The first-order valence-electron chi connectivity index (χ1n) is 7.61. The summed E-state index contributed by atoms with van der Waals surface area (Å²) in [5, 5.41) is 4.19. The molecule has 1 heterocycles. The van der Waals surface area contributed by atoms with E-state index in [1.807, 2.05) is 13.1 Å². The molecule has 108 valence electrons. The molecular weight excluding hydrogens is 253 g/mol. The van der Waals surface area contributed by atoms with Crippen molar-refractivity contribution in [1.82, 2.24) is 5.32 Å². The summed E-state index contributed by atoms with van der Waals surface area (Å²) in [4.78, 5) is 0. The van der Waals surface area contributed by atoms with Gasteiger partial charge in [0.05, 0.1) is 0 Å². The third kappa shape index (κ3) is 2.73. The number of hydrogen-bond acceptors (Lipinski definition) is 2. The summed E-state index contributed by atoms with van der Waals surface area (Å²) >= 11 is 0. The van der Waals surface area contributed by atoms with E-state index in [1.54, 1.807) is 12.1 Å². The first-order valence-corrected chi connectivity index (χ1v) is 7.61. The van der Waals surface area contributed by atoms with Gasteiger partial charge in [-0.05, 0) is 56.6 Å². The largest absolute Gasteiger partial charge is 0.461 e. The van der Waals surface area contributed by atoms with Crippen molar-refractivity contribution in [3.8, 4) is 0 Å². The highest BCUT2D eigenvalue weighted by Crippen LogP contribution is 2.38. The Bertz CT molecular complexity index is 577. The Labute approximate surface area is 119 Å². The van der Waals surface area contributed by atoms with Crippen LogP contribution in [0, 0.1) is 11.7 Å². The van der Waals surface area contributed by atoms with Gasteiger partial charge in [-0.2, -0.15) is 0 Å². The van der Waals surface area contributed by atoms with E-state index in [0.29, 0.717) is 11.8 Å². The minimum absolute atomic E-state index is 0.197. The van der Waals surface area contributed by atoms with E-state index in [-0.39, 0.29) is 5.82 Å². The van der Waals surface area contributed by atoms with Crippen LogP contribution < -0.4 is 5.32 Å². The van der Waals surface area contributed by atoms with Crippen molar-refractivity contribution < 1.29 is 8.81 Å². The minimum Gasteiger partial charge on any atom is -0.461 e. The fraction of sp³-hybridized carbons (Fsp3) is 0.529. The van der Waals surface area contributed by atoms with Crippen LogP contribution in [0.4, 0.5) is 4.39 Å². The predicted octanol–water partition coefficient (Wildman–Crippen LogP) is 4.46. The second-order valence-corrected chi connectivity index (χ2v) is 5.89. The van der Waals surface area contributed by atoms with Gasteiger partial charge in [0, 0.05) is 11.3 Å². The third-order valence-corrected chi connectivity index (χ3v) is 4.49. The molecule has 1 aliphatic rings. The van der Waals surface area contributed by atoms with Crippen LogP contribution >= 0.6 is 0 Å². The Balaban J connectivity index is 1.93. The average molecular weight is 275 g/mol. The molecule has 3 rings (SSSR count). The highest BCUT2D eigenvalue weighted by atomic mass is 19.1. The van der Waals surface area contributed by atoms with E-state index < -0.39 is 0 Å². The topological polar surface area (TPSA) is 25.2 Å². The van der Waals surface area contributed by atoms with Gasteiger partial charge in [0.2, 0.25) is 0 Å². The van der Waals surface area contributed by atoms with E-state index in [0.717, 1.165) is 23.3 Å². The number of nitrogens with one attached hydrogen (secondary N) is 1. The first kappa shape index (κ1) is 13.6. The lowest BCUT2D eigenvalue weighted by Crippen LogP contribution is -2.23. The number of furan rings is 1. The maximum atomic E-state index is 13.3. The van der Waals surface area contributed by atoms with Gasteiger partial charge in [0.1, 0.15) is 17.2 Å². The van der Waals surface area contributed by atoms with E-state index in [2.05, 4.69) is 5.32 Å². The molecule has 0 spiro atoms. The Kier molecular flexibility index (Phi) is 4.06. The molecule has 1 aromatic carbocycles. The first-order chi connectivity index (χ1) is 9.78. The van der Waals surface area contributed by atoms with E-state index in [1.165, 1.54) is 38.2 Å². The average Bonchev–Trinajstić information content (AvgIpc) is 2.70. The van der Waals surface area contributed by atoms with Gasteiger partial charge < -0.3 is 9.73 Å². The zero-order valence-corrected chi connectivity index (χ0v) is 12.0. The molecule has 20 heavy (non-hydrogen) atoms. The van der Waals surface area contributed by atoms with Crippen LogP contribution in [0.25, 0.3) is 11.0 Å². The van der Waals surface area contributed by atoms with Crippen LogP contribution in [0.15, 0.2) is 28.7 Å². The molecular formula is C17H22FNO. The van der Waals surface area contributed by atoms with Gasteiger partial charge in [-0.15, -0.1) is 0 Å². The van der Waals surface area contributed by atoms with Crippen LogP contribution in [0.1, 0.15) is 43.8 Å². The quantitative estimate of drug-likeness (QED) is 0.837. The van der Waals surface area contributed by atoms with Crippen molar-refractivity contribution >= 4 is 11.0 Å². The molecule has 0 saturated heterocycles. The molecule has 1 N–H and O–H groups in total. The predicted molar refractivity (Wildman–Crippen MR) is 79.4 cm³/mol. The van der Waals surface area contributed by atoms with Crippen molar-refractivity contribution in [2.45, 2.75) is 38.0 Å². The smallest absolute Gasteiger partial charge is 0.134 e. The summed E-state index contributed by atoms with van der Waals surface area (Å²) in [6.07, 6.45) is 6.30. The van der Waals surface area contributed by atoms with Gasteiger partial charge in [0.15, 0.2) is 0 Å². The summed E-state index contributed by atoms with van der Waals surface area (Å²) in [6, 6.07) is 6.80. The lowest BCUT2D eigenvalue weighted by molar-refractivity contribution is 0.341. The minimum atomic E-state index is -0.197. The number of hydrogen-bond donors (Lipinski definition) is 1. The SMILES string of the molecule is CNCC1CCCCCC1c1cc2cc(F)ccc2o1.